The largest absolute Gasteiger partial charge is 0.460 e. The second kappa shape index (κ2) is 6.76. The van der Waals surface area contributed by atoms with Crippen molar-refractivity contribution in [3.8, 4) is 0 Å². The van der Waals surface area contributed by atoms with Crippen LogP contribution in [0.1, 0.15) is 37.6 Å². The number of hydrogen-bond acceptors (Lipinski definition) is 7. The van der Waals surface area contributed by atoms with Crippen LogP contribution in [-0.4, -0.2) is 54.4 Å². The van der Waals surface area contributed by atoms with Gasteiger partial charge in [0.2, 0.25) is 6.10 Å². The Balaban J connectivity index is 1.63. The zero-order valence-electron chi connectivity index (χ0n) is 14.1. The fourth-order valence-electron chi connectivity index (χ4n) is 3.07. The van der Waals surface area contributed by atoms with Crippen molar-refractivity contribution in [2.75, 3.05) is 18.0 Å². The van der Waals surface area contributed by atoms with Gasteiger partial charge in [-0.3, -0.25) is 0 Å². The minimum absolute atomic E-state index is 0.135. The summed E-state index contributed by atoms with van der Waals surface area (Å²) in [5, 5.41) is 0. The maximum Gasteiger partial charge on any atom is 0.347 e. The van der Waals surface area contributed by atoms with Crippen LogP contribution in [0.5, 0.6) is 0 Å². The first kappa shape index (κ1) is 16.7. The van der Waals surface area contributed by atoms with Crippen LogP contribution in [-0.2, 0) is 19.0 Å². The fourth-order valence-corrected chi connectivity index (χ4v) is 3.07. The van der Waals surface area contributed by atoms with Gasteiger partial charge in [0.1, 0.15) is 11.9 Å². The molecule has 0 aromatic carbocycles. The summed E-state index contributed by atoms with van der Waals surface area (Å²) in [7, 11) is 0. The SMILES string of the molecule is C[C@@H]1C[C@@H](OC(=O)c2ccc(N3C[C@@H](C)O[C@@H](C)C3)nc2)C(=O)O1. The van der Waals surface area contributed by atoms with E-state index >= 15 is 0 Å². The number of carbonyl (C=O) groups is 2. The van der Waals surface area contributed by atoms with E-state index in [1.807, 2.05) is 13.8 Å². The lowest BCUT2D eigenvalue weighted by atomic mass is 10.2. The van der Waals surface area contributed by atoms with Crippen molar-refractivity contribution in [1.82, 2.24) is 4.98 Å². The van der Waals surface area contributed by atoms with Crippen LogP contribution in [0.25, 0.3) is 0 Å². The zero-order valence-corrected chi connectivity index (χ0v) is 14.1. The molecule has 0 aliphatic carbocycles. The molecule has 2 saturated heterocycles. The van der Waals surface area contributed by atoms with Crippen molar-refractivity contribution in [1.29, 1.82) is 0 Å². The third kappa shape index (κ3) is 3.67. The van der Waals surface area contributed by atoms with Crippen molar-refractivity contribution in [2.24, 2.45) is 0 Å². The van der Waals surface area contributed by atoms with Crippen molar-refractivity contribution in [3.05, 3.63) is 23.9 Å². The van der Waals surface area contributed by atoms with E-state index in [1.54, 1.807) is 19.1 Å². The molecule has 0 saturated carbocycles. The molecule has 0 unspecified atom stereocenters. The first-order valence-electron chi connectivity index (χ1n) is 8.20. The highest BCUT2D eigenvalue weighted by Crippen LogP contribution is 2.21. The lowest BCUT2D eigenvalue weighted by Crippen LogP contribution is -2.45. The third-order valence-electron chi connectivity index (χ3n) is 4.10. The predicted molar refractivity (Wildman–Crippen MR) is 85.8 cm³/mol. The average molecular weight is 334 g/mol. The molecule has 2 fully saturated rings. The van der Waals surface area contributed by atoms with Crippen LogP contribution in [0.15, 0.2) is 18.3 Å². The number of esters is 2. The summed E-state index contributed by atoms with van der Waals surface area (Å²) in [4.78, 5) is 30.2. The first-order chi connectivity index (χ1) is 11.4. The molecule has 0 amide bonds. The Morgan fingerprint density at radius 2 is 1.92 bits per heavy atom. The van der Waals surface area contributed by atoms with Crippen LogP contribution < -0.4 is 4.90 Å². The van der Waals surface area contributed by atoms with Crippen LogP contribution in [0.3, 0.4) is 0 Å². The molecule has 0 bridgehead atoms. The van der Waals surface area contributed by atoms with E-state index in [2.05, 4.69) is 9.88 Å². The number of hydrogen-bond donors (Lipinski definition) is 0. The standard InChI is InChI=1S/C17H22N2O5/c1-10-6-14(17(21)23-10)24-16(20)13-4-5-15(18-7-13)19-8-11(2)22-12(3)9-19/h4-5,7,10-12,14H,6,8-9H2,1-3H3/t10-,11-,12+,14-/m1/s1. The van der Waals surface area contributed by atoms with Gasteiger partial charge < -0.3 is 19.1 Å². The summed E-state index contributed by atoms with van der Waals surface area (Å²) < 4.78 is 15.9. The number of nitrogens with zero attached hydrogens (tertiary/aromatic N) is 2. The summed E-state index contributed by atoms with van der Waals surface area (Å²) in [5.41, 5.74) is 0.320. The molecule has 2 aliphatic heterocycles. The lowest BCUT2D eigenvalue weighted by Gasteiger charge is -2.36. The van der Waals surface area contributed by atoms with Crippen molar-refractivity contribution >= 4 is 17.8 Å². The number of ether oxygens (including phenoxy) is 3. The Bertz CT molecular complexity index is 608. The molecule has 1 aromatic heterocycles. The van der Waals surface area contributed by atoms with E-state index in [1.165, 1.54) is 6.20 Å². The summed E-state index contributed by atoms with van der Waals surface area (Å²) in [5.74, 6) is -0.256. The third-order valence-corrected chi connectivity index (χ3v) is 4.10. The van der Waals surface area contributed by atoms with Gasteiger partial charge in [-0.1, -0.05) is 0 Å². The molecule has 3 rings (SSSR count). The number of aromatic nitrogens is 1. The highest BCUT2D eigenvalue weighted by atomic mass is 16.6. The average Bonchev–Trinajstić information content (AvgIpc) is 2.84. The maximum absolute atomic E-state index is 12.1. The second-order valence-electron chi connectivity index (χ2n) is 6.44. The van der Waals surface area contributed by atoms with Gasteiger partial charge in [0.05, 0.1) is 17.8 Å². The quantitative estimate of drug-likeness (QED) is 0.776. The molecule has 0 spiro atoms. The summed E-state index contributed by atoms with van der Waals surface area (Å²) in [6.07, 6.45) is 1.09. The van der Waals surface area contributed by atoms with Gasteiger partial charge in [0, 0.05) is 25.7 Å². The van der Waals surface area contributed by atoms with Crippen molar-refractivity contribution < 1.29 is 23.8 Å². The molecule has 1 aromatic rings. The van der Waals surface area contributed by atoms with Gasteiger partial charge in [0.15, 0.2) is 0 Å². The molecular formula is C17H22N2O5. The first-order valence-corrected chi connectivity index (χ1v) is 8.20. The molecule has 0 N–H and O–H groups in total. The normalized spacial score (nSPS) is 30.1. The van der Waals surface area contributed by atoms with Gasteiger partial charge >= 0.3 is 11.9 Å². The van der Waals surface area contributed by atoms with Gasteiger partial charge in [-0.15, -0.1) is 0 Å². The smallest absolute Gasteiger partial charge is 0.347 e. The van der Waals surface area contributed by atoms with E-state index in [4.69, 9.17) is 14.2 Å². The maximum atomic E-state index is 12.1. The molecule has 130 valence electrons. The lowest BCUT2D eigenvalue weighted by molar-refractivity contribution is -0.147. The number of pyridine rings is 1. The van der Waals surface area contributed by atoms with Gasteiger partial charge in [-0.2, -0.15) is 0 Å². The topological polar surface area (TPSA) is 78.0 Å². The Morgan fingerprint density at radius 1 is 1.21 bits per heavy atom. The van der Waals surface area contributed by atoms with E-state index in [-0.39, 0.29) is 18.3 Å². The van der Waals surface area contributed by atoms with E-state index < -0.39 is 18.0 Å². The second-order valence-corrected chi connectivity index (χ2v) is 6.44. The summed E-state index contributed by atoms with van der Waals surface area (Å²) >= 11 is 0. The highest BCUT2D eigenvalue weighted by Gasteiger charge is 2.35. The Kier molecular flexibility index (Phi) is 4.71. The highest BCUT2D eigenvalue weighted by molar-refractivity contribution is 5.91. The number of carbonyl (C=O) groups excluding carboxylic acids is 2. The molecule has 4 atom stereocenters. The minimum atomic E-state index is -0.826. The molecule has 3 heterocycles. The summed E-state index contributed by atoms with van der Waals surface area (Å²) in [6, 6.07) is 3.45. The predicted octanol–water partition coefficient (Wildman–Crippen LogP) is 1.56. The minimum Gasteiger partial charge on any atom is -0.460 e. The van der Waals surface area contributed by atoms with Gasteiger partial charge in [-0.25, -0.2) is 14.6 Å². The Hall–Kier alpha value is -2.15. The number of rotatable bonds is 3. The Labute approximate surface area is 140 Å². The van der Waals surface area contributed by atoms with Crippen LogP contribution in [0.2, 0.25) is 0 Å². The fraction of sp³-hybridized carbons (Fsp3) is 0.588. The zero-order chi connectivity index (χ0) is 17.3. The monoisotopic (exact) mass is 334 g/mol. The molecule has 2 aliphatic rings. The van der Waals surface area contributed by atoms with Crippen molar-refractivity contribution in [3.63, 3.8) is 0 Å². The molecule has 7 heteroatoms. The van der Waals surface area contributed by atoms with Crippen LogP contribution >= 0.6 is 0 Å². The molecule has 7 nitrogen and oxygen atoms in total. The van der Waals surface area contributed by atoms with E-state index in [0.717, 1.165) is 18.9 Å². The van der Waals surface area contributed by atoms with Crippen LogP contribution in [0.4, 0.5) is 5.82 Å². The van der Waals surface area contributed by atoms with Crippen molar-refractivity contribution in [2.45, 2.75) is 51.6 Å². The number of cyclic esters (lactones) is 1. The number of anilines is 1. The Morgan fingerprint density at radius 3 is 2.46 bits per heavy atom. The van der Waals surface area contributed by atoms with Crippen LogP contribution in [0, 0.1) is 0 Å². The molecule has 0 radical (unpaired) electrons. The van der Waals surface area contributed by atoms with E-state index in [9.17, 15) is 9.59 Å². The van der Waals surface area contributed by atoms with E-state index in [0.29, 0.717) is 12.0 Å². The molecule has 24 heavy (non-hydrogen) atoms. The van der Waals surface area contributed by atoms with Gasteiger partial charge in [-0.05, 0) is 32.9 Å². The van der Waals surface area contributed by atoms with Gasteiger partial charge in [0.25, 0.3) is 0 Å². The summed E-state index contributed by atoms with van der Waals surface area (Å²) in [6.45, 7) is 7.33. The number of morpholine rings is 1. The molecular weight excluding hydrogens is 312 g/mol.